The summed E-state index contributed by atoms with van der Waals surface area (Å²) in [5.74, 6) is 0.280. The van der Waals surface area contributed by atoms with E-state index in [-0.39, 0.29) is 16.6 Å². The SMILES string of the molecule is Cc1ccc(NS(=O)(=O)c2ccc3c(c2)OC(C)C(=O)N3)nc1. The minimum Gasteiger partial charge on any atom is -0.479 e. The second kappa shape index (κ2) is 5.54. The summed E-state index contributed by atoms with van der Waals surface area (Å²) in [6.07, 6.45) is 0.901. The molecule has 23 heavy (non-hydrogen) atoms. The van der Waals surface area contributed by atoms with E-state index < -0.39 is 16.1 Å². The zero-order valence-electron chi connectivity index (χ0n) is 12.5. The molecule has 0 saturated heterocycles. The van der Waals surface area contributed by atoms with E-state index >= 15 is 0 Å². The Hall–Kier alpha value is -2.61. The molecule has 1 aliphatic rings. The highest BCUT2D eigenvalue weighted by atomic mass is 32.2. The number of fused-ring (bicyclic) bond motifs is 1. The molecule has 1 aromatic carbocycles. The molecule has 8 heteroatoms. The van der Waals surface area contributed by atoms with E-state index in [1.807, 2.05) is 6.92 Å². The Balaban J connectivity index is 1.90. The predicted octanol–water partition coefficient (Wildman–Crippen LogP) is 1.91. The van der Waals surface area contributed by atoms with Crippen molar-refractivity contribution in [2.75, 3.05) is 10.0 Å². The largest absolute Gasteiger partial charge is 0.479 e. The number of aryl methyl sites for hydroxylation is 1. The molecule has 1 aromatic heterocycles. The van der Waals surface area contributed by atoms with E-state index in [9.17, 15) is 13.2 Å². The minimum atomic E-state index is -3.80. The van der Waals surface area contributed by atoms with Gasteiger partial charge in [0.15, 0.2) is 6.10 Å². The smallest absolute Gasteiger partial charge is 0.265 e. The van der Waals surface area contributed by atoms with Crippen molar-refractivity contribution < 1.29 is 17.9 Å². The Morgan fingerprint density at radius 1 is 1.26 bits per heavy atom. The number of nitrogens with one attached hydrogen (secondary N) is 2. The molecule has 7 nitrogen and oxygen atoms in total. The fourth-order valence-corrected chi connectivity index (χ4v) is 3.10. The molecule has 1 amide bonds. The Morgan fingerprint density at radius 3 is 2.74 bits per heavy atom. The second-order valence-electron chi connectivity index (χ2n) is 5.23. The lowest BCUT2D eigenvalue weighted by Gasteiger charge is -2.23. The molecular weight excluding hydrogens is 318 g/mol. The molecule has 0 bridgehead atoms. The number of hydrogen-bond donors (Lipinski definition) is 2. The zero-order valence-corrected chi connectivity index (χ0v) is 13.3. The van der Waals surface area contributed by atoms with Crippen molar-refractivity contribution in [3.05, 3.63) is 42.1 Å². The molecule has 0 aliphatic carbocycles. The van der Waals surface area contributed by atoms with Crippen LogP contribution in [0.25, 0.3) is 0 Å². The van der Waals surface area contributed by atoms with Crippen LogP contribution in [0.1, 0.15) is 12.5 Å². The van der Waals surface area contributed by atoms with Gasteiger partial charge in [0.2, 0.25) is 0 Å². The average molecular weight is 333 g/mol. The fraction of sp³-hybridized carbons (Fsp3) is 0.200. The first-order valence-electron chi connectivity index (χ1n) is 6.92. The number of nitrogens with zero attached hydrogens (tertiary/aromatic N) is 1. The van der Waals surface area contributed by atoms with E-state index in [0.717, 1.165) is 5.56 Å². The van der Waals surface area contributed by atoms with Crippen LogP contribution in [-0.2, 0) is 14.8 Å². The van der Waals surface area contributed by atoms with Gasteiger partial charge >= 0.3 is 0 Å². The molecule has 3 rings (SSSR count). The van der Waals surface area contributed by atoms with Gasteiger partial charge in [-0.2, -0.15) is 0 Å². The van der Waals surface area contributed by atoms with Crippen molar-refractivity contribution in [3.8, 4) is 5.75 Å². The molecule has 2 aromatic rings. The summed E-state index contributed by atoms with van der Waals surface area (Å²) in [5.41, 5.74) is 1.38. The van der Waals surface area contributed by atoms with Gasteiger partial charge in [-0.15, -0.1) is 0 Å². The monoisotopic (exact) mass is 333 g/mol. The van der Waals surface area contributed by atoms with Crippen LogP contribution in [0.4, 0.5) is 11.5 Å². The second-order valence-corrected chi connectivity index (χ2v) is 6.92. The Morgan fingerprint density at radius 2 is 2.04 bits per heavy atom. The number of hydrogen-bond acceptors (Lipinski definition) is 5. The number of pyridine rings is 1. The van der Waals surface area contributed by atoms with E-state index in [1.165, 1.54) is 18.2 Å². The summed E-state index contributed by atoms with van der Waals surface area (Å²) >= 11 is 0. The van der Waals surface area contributed by atoms with Gasteiger partial charge in [0.1, 0.15) is 11.6 Å². The van der Waals surface area contributed by atoms with Crippen LogP contribution >= 0.6 is 0 Å². The molecule has 0 radical (unpaired) electrons. The third kappa shape index (κ3) is 3.11. The highest BCUT2D eigenvalue weighted by molar-refractivity contribution is 7.92. The lowest BCUT2D eigenvalue weighted by molar-refractivity contribution is -0.122. The predicted molar refractivity (Wildman–Crippen MR) is 84.9 cm³/mol. The highest BCUT2D eigenvalue weighted by Gasteiger charge is 2.25. The van der Waals surface area contributed by atoms with Gasteiger partial charge in [-0.3, -0.25) is 9.52 Å². The third-order valence-corrected chi connectivity index (χ3v) is 4.70. The number of sulfonamides is 1. The summed E-state index contributed by atoms with van der Waals surface area (Å²) in [6.45, 7) is 3.45. The molecule has 1 unspecified atom stereocenters. The summed E-state index contributed by atoms with van der Waals surface area (Å²) in [7, 11) is -3.80. The third-order valence-electron chi connectivity index (χ3n) is 3.34. The van der Waals surface area contributed by atoms with Crippen LogP contribution in [-0.4, -0.2) is 25.4 Å². The summed E-state index contributed by atoms with van der Waals surface area (Å²) in [5, 5.41) is 2.65. The number of carbonyl (C=O) groups excluding carboxylic acids is 1. The van der Waals surface area contributed by atoms with E-state index in [4.69, 9.17) is 4.74 Å². The maximum Gasteiger partial charge on any atom is 0.265 e. The first-order chi connectivity index (χ1) is 10.8. The summed E-state index contributed by atoms with van der Waals surface area (Å²) in [6, 6.07) is 7.62. The lowest BCUT2D eigenvalue weighted by Crippen LogP contribution is -2.34. The van der Waals surface area contributed by atoms with Crippen molar-refractivity contribution in [1.29, 1.82) is 0 Å². The molecule has 2 heterocycles. The van der Waals surface area contributed by atoms with Gasteiger partial charge in [0, 0.05) is 12.3 Å². The molecule has 0 fully saturated rings. The van der Waals surface area contributed by atoms with E-state index in [1.54, 1.807) is 25.3 Å². The standard InChI is InChI=1S/C15H15N3O4S/c1-9-3-6-14(16-8-9)18-23(20,21)11-4-5-12-13(7-11)22-10(2)15(19)17-12/h3-8,10H,1-2H3,(H,16,18)(H,17,19). The molecule has 1 atom stereocenters. The van der Waals surface area contributed by atoms with Crippen molar-refractivity contribution in [3.63, 3.8) is 0 Å². The average Bonchev–Trinajstić information content (AvgIpc) is 2.50. The van der Waals surface area contributed by atoms with Crippen molar-refractivity contribution >= 4 is 27.4 Å². The van der Waals surface area contributed by atoms with Crippen molar-refractivity contribution in [2.24, 2.45) is 0 Å². The molecule has 0 saturated carbocycles. The number of anilines is 2. The first-order valence-corrected chi connectivity index (χ1v) is 8.40. The van der Waals surface area contributed by atoms with Gasteiger partial charge in [-0.25, -0.2) is 13.4 Å². The van der Waals surface area contributed by atoms with Crippen LogP contribution in [0.2, 0.25) is 0 Å². The molecule has 2 N–H and O–H groups in total. The van der Waals surface area contributed by atoms with Gasteiger partial charge in [-0.1, -0.05) is 6.07 Å². The van der Waals surface area contributed by atoms with Gasteiger partial charge < -0.3 is 10.1 Å². The van der Waals surface area contributed by atoms with Crippen LogP contribution in [0.15, 0.2) is 41.4 Å². The topological polar surface area (TPSA) is 97.4 Å². The van der Waals surface area contributed by atoms with Gasteiger partial charge in [-0.05, 0) is 37.6 Å². The Bertz CT molecular complexity index is 863. The van der Waals surface area contributed by atoms with Crippen LogP contribution in [0, 0.1) is 6.92 Å². The van der Waals surface area contributed by atoms with Gasteiger partial charge in [0.25, 0.3) is 15.9 Å². The van der Waals surface area contributed by atoms with Crippen molar-refractivity contribution in [2.45, 2.75) is 24.8 Å². The highest BCUT2D eigenvalue weighted by Crippen LogP contribution is 2.32. The normalized spacial score (nSPS) is 17.0. The number of rotatable bonds is 3. The molecule has 1 aliphatic heterocycles. The molecular formula is C15H15N3O4S. The van der Waals surface area contributed by atoms with Crippen molar-refractivity contribution in [1.82, 2.24) is 4.98 Å². The van der Waals surface area contributed by atoms with Crippen LogP contribution < -0.4 is 14.8 Å². The Labute approximate surface area is 133 Å². The quantitative estimate of drug-likeness (QED) is 0.894. The fourth-order valence-electron chi connectivity index (χ4n) is 2.07. The number of ether oxygens (including phenoxy) is 1. The van der Waals surface area contributed by atoms with Gasteiger partial charge in [0.05, 0.1) is 10.6 Å². The number of carbonyl (C=O) groups is 1. The summed E-state index contributed by atoms with van der Waals surface area (Å²) in [4.78, 5) is 15.6. The molecule has 120 valence electrons. The maximum absolute atomic E-state index is 12.4. The Kier molecular flexibility index (Phi) is 3.69. The molecule has 0 spiro atoms. The van der Waals surface area contributed by atoms with E-state index in [0.29, 0.717) is 11.4 Å². The number of aromatic nitrogens is 1. The maximum atomic E-state index is 12.4. The zero-order chi connectivity index (χ0) is 16.6. The van der Waals surface area contributed by atoms with Crippen LogP contribution in [0.5, 0.6) is 5.75 Å². The van der Waals surface area contributed by atoms with Crippen LogP contribution in [0.3, 0.4) is 0 Å². The number of amides is 1. The van der Waals surface area contributed by atoms with E-state index in [2.05, 4.69) is 15.0 Å². The lowest BCUT2D eigenvalue weighted by atomic mass is 10.2. The minimum absolute atomic E-state index is 0.0296. The summed E-state index contributed by atoms with van der Waals surface area (Å²) < 4.78 is 32.7. The first kappa shape index (κ1) is 15.3. The number of benzene rings is 1.